The summed E-state index contributed by atoms with van der Waals surface area (Å²) in [6, 6.07) is 20.7. The standard InChI is InChI=1S/C24H23N3O4S/c1-15(23(29)27-21-12-4-3-11-20(21)22(25)28)32-19-10-6-8-17(14-19)26-24(30)16-7-5-9-18(13-16)31-2/h3-15H,1-2H3,(H2,25,28)(H,26,30)(H,27,29). The van der Waals surface area contributed by atoms with Crippen LogP contribution in [-0.2, 0) is 4.79 Å². The lowest BCUT2D eigenvalue weighted by Crippen LogP contribution is -2.24. The highest BCUT2D eigenvalue weighted by Gasteiger charge is 2.17. The number of thioether (sulfide) groups is 1. The predicted molar refractivity (Wildman–Crippen MR) is 126 cm³/mol. The van der Waals surface area contributed by atoms with Gasteiger partial charge >= 0.3 is 0 Å². The topological polar surface area (TPSA) is 111 Å². The third kappa shape index (κ3) is 5.89. The maximum absolute atomic E-state index is 12.6. The summed E-state index contributed by atoms with van der Waals surface area (Å²) in [5.41, 5.74) is 7.07. The molecule has 0 fully saturated rings. The van der Waals surface area contributed by atoms with E-state index < -0.39 is 11.2 Å². The highest BCUT2D eigenvalue weighted by atomic mass is 32.2. The number of hydrogen-bond donors (Lipinski definition) is 3. The van der Waals surface area contributed by atoms with Crippen LogP contribution < -0.4 is 21.1 Å². The van der Waals surface area contributed by atoms with Gasteiger partial charge in [0.15, 0.2) is 0 Å². The molecule has 0 spiro atoms. The van der Waals surface area contributed by atoms with Crippen molar-refractivity contribution in [3.8, 4) is 5.75 Å². The Labute approximate surface area is 190 Å². The minimum atomic E-state index is -0.610. The van der Waals surface area contributed by atoms with E-state index in [9.17, 15) is 14.4 Å². The molecule has 3 rings (SSSR count). The Bertz CT molecular complexity index is 1150. The molecule has 8 heteroatoms. The molecule has 0 saturated heterocycles. The molecule has 1 atom stereocenters. The van der Waals surface area contributed by atoms with Gasteiger partial charge in [0.25, 0.3) is 11.8 Å². The van der Waals surface area contributed by atoms with E-state index in [-0.39, 0.29) is 17.4 Å². The summed E-state index contributed by atoms with van der Waals surface area (Å²) in [5.74, 6) is -0.546. The number of nitrogens with two attached hydrogens (primary N) is 1. The van der Waals surface area contributed by atoms with Crippen molar-refractivity contribution in [3.05, 3.63) is 83.9 Å². The van der Waals surface area contributed by atoms with Crippen LogP contribution in [0.15, 0.2) is 77.7 Å². The van der Waals surface area contributed by atoms with Crippen LogP contribution in [0.4, 0.5) is 11.4 Å². The number of anilines is 2. The fourth-order valence-corrected chi connectivity index (χ4v) is 3.84. The highest BCUT2D eigenvalue weighted by molar-refractivity contribution is 8.00. The molecule has 0 aliphatic carbocycles. The van der Waals surface area contributed by atoms with Crippen LogP contribution in [-0.4, -0.2) is 30.1 Å². The lowest BCUT2D eigenvalue weighted by molar-refractivity contribution is -0.115. The van der Waals surface area contributed by atoms with Gasteiger partial charge in [-0.15, -0.1) is 11.8 Å². The lowest BCUT2D eigenvalue weighted by Gasteiger charge is -2.14. The predicted octanol–water partition coefficient (Wildman–Crippen LogP) is 4.17. The minimum Gasteiger partial charge on any atom is -0.497 e. The number of methoxy groups -OCH3 is 1. The summed E-state index contributed by atoms with van der Waals surface area (Å²) in [5, 5.41) is 5.14. The van der Waals surface area contributed by atoms with Crippen molar-refractivity contribution in [1.82, 2.24) is 0 Å². The van der Waals surface area contributed by atoms with Gasteiger partial charge in [0.1, 0.15) is 5.75 Å². The summed E-state index contributed by atoms with van der Waals surface area (Å²) in [6.45, 7) is 1.76. The number of para-hydroxylation sites is 1. The zero-order valence-electron chi connectivity index (χ0n) is 17.6. The number of nitrogens with one attached hydrogen (secondary N) is 2. The van der Waals surface area contributed by atoms with Gasteiger partial charge in [0.05, 0.1) is 23.6 Å². The zero-order chi connectivity index (χ0) is 23.1. The second-order valence-electron chi connectivity index (χ2n) is 6.87. The van der Waals surface area contributed by atoms with E-state index in [1.165, 1.54) is 11.8 Å². The molecule has 0 saturated carbocycles. The number of benzene rings is 3. The molecule has 7 nitrogen and oxygen atoms in total. The molecule has 3 aromatic rings. The molecule has 32 heavy (non-hydrogen) atoms. The van der Waals surface area contributed by atoms with E-state index in [2.05, 4.69) is 10.6 Å². The van der Waals surface area contributed by atoms with Crippen molar-refractivity contribution in [1.29, 1.82) is 0 Å². The van der Waals surface area contributed by atoms with E-state index in [1.807, 2.05) is 6.07 Å². The number of amides is 3. The molecule has 0 aliphatic rings. The maximum atomic E-state index is 12.6. The van der Waals surface area contributed by atoms with Gasteiger partial charge in [-0.25, -0.2) is 0 Å². The van der Waals surface area contributed by atoms with E-state index in [4.69, 9.17) is 10.5 Å². The van der Waals surface area contributed by atoms with Crippen molar-refractivity contribution in [2.75, 3.05) is 17.7 Å². The van der Waals surface area contributed by atoms with Crippen LogP contribution in [0.1, 0.15) is 27.6 Å². The molecule has 0 heterocycles. The van der Waals surface area contributed by atoms with Gasteiger partial charge in [0, 0.05) is 16.1 Å². The first-order chi connectivity index (χ1) is 15.4. The van der Waals surface area contributed by atoms with Gasteiger partial charge in [-0.3, -0.25) is 14.4 Å². The second kappa shape index (κ2) is 10.5. The Kier molecular flexibility index (Phi) is 7.51. The van der Waals surface area contributed by atoms with Crippen LogP contribution in [0.2, 0.25) is 0 Å². The molecule has 3 amide bonds. The largest absolute Gasteiger partial charge is 0.497 e. The smallest absolute Gasteiger partial charge is 0.255 e. The number of ether oxygens (including phenoxy) is 1. The number of carbonyl (C=O) groups is 3. The maximum Gasteiger partial charge on any atom is 0.255 e. The number of carbonyl (C=O) groups excluding carboxylic acids is 3. The van der Waals surface area contributed by atoms with Crippen molar-refractivity contribution in [2.24, 2.45) is 5.73 Å². The molecule has 0 radical (unpaired) electrons. The van der Waals surface area contributed by atoms with Crippen LogP contribution >= 0.6 is 11.8 Å². The summed E-state index contributed by atoms with van der Waals surface area (Å²) in [4.78, 5) is 37.5. The first-order valence-corrected chi connectivity index (χ1v) is 10.7. The van der Waals surface area contributed by atoms with E-state index in [1.54, 1.807) is 80.8 Å². The highest BCUT2D eigenvalue weighted by Crippen LogP contribution is 2.27. The average Bonchev–Trinajstić information content (AvgIpc) is 2.79. The molecule has 3 aromatic carbocycles. The molecular formula is C24H23N3O4S. The number of rotatable bonds is 8. The molecule has 0 aliphatic heterocycles. The third-order valence-electron chi connectivity index (χ3n) is 4.56. The van der Waals surface area contributed by atoms with E-state index in [0.717, 1.165) is 4.90 Å². The van der Waals surface area contributed by atoms with Crippen LogP contribution in [0.5, 0.6) is 5.75 Å². The average molecular weight is 450 g/mol. The van der Waals surface area contributed by atoms with Crippen LogP contribution in [0.25, 0.3) is 0 Å². The SMILES string of the molecule is COc1cccc(C(=O)Nc2cccc(SC(C)C(=O)Nc3ccccc3C(N)=O)c2)c1. The molecule has 164 valence electrons. The molecule has 1 unspecified atom stereocenters. The second-order valence-corrected chi connectivity index (χ2v) is 8.29. The van der Waals surface area contributed by atoms with Gasteiger partial charge in [-0.05, 0) is 55.5 Å². The minimum absolute atomic E-state index is 0.250. The Balaban J connectivity index is 1.65. The Morgan fingerprint density at radius 1 is 0.938 bits per heavy atom. The first kappa shape index (κ1) is 22.9. The molecule has 0 bridgehead atoms. The Hall–Kier alpha value is -3.78. The van der Waals surface area contributed by atoms with Crippen molar-refractivity contribution in [3.63, 3.8) is 0 Å². The van der Waals surface area contributed by atoms with Gasteiger partial charge in [-0.1, -0.05) is 24.3 Å². The number of hydrogen-bond acceptors (Lipinski definition) is 5. The van der Waals surface area contributed by atoms with E-state index in [0.29, 0.717) is 22.7 Å². The van der Waals surface area contributed by atoms with Crippen molar-refractivity contribution in [2.45, 2.75) is 17.1 Å². The summed E-state index contributed by atoms with van der Waals surface area (Å²) < 4.78 is 5.16. The fourth-order valence-electron chi connectivity index (χ4n) is 2.91. The van der Waals surface area contributed by atoms with Gasteiger partial charge < -0.3 is 21.1 Å². The monoisotopic (exact) mass is 449 g/mol. The quantitative estimate of drug-likeness (QED) is 0.447. The van der Waals surface area contributed by atoms with Crippen molar-refractivity contribution >= 4 is 40.9 Å². The fraction of sp³-hybridized carbons (Fsp3) is 0.125. The first-order valence-electron chi connectivity index (χ1n) is 9.79. The summed E-state index contributed by atoms with van der Waals surface area (Å²) in [6.07, 6.45) is 0. The molecular weight excluding hydrogens is 426 g/mol. The summed E-state index contributed by atoms with van der Waals surface area (Å²) in [7, 11) is 1.54. The Morgan fingerprint density at radius 3 is 2.44 bits per heavy atom. The third-order valence-corrected chi connectivity index (χ3v) is 5.65. The molecule has 0 aromatic heterocycles. The number of primary amides is 1. The lowest BCUT2D eigenvalue weighted by atomic mass is 10.1. The van der Waals surface area contributed by atoms with Gasteiger partial charge in [0.2, 0.25) is 5.91 Å². The van der Waals surface area contributed by atoms with Crippen LogP contribution in [0, 0.1) is 0 Å². The Morgan fingerprint density at radius 2 is 1.69 bits per heavy atom. The van der Waals surface area contributed by atoms with E-state index >= 15 is 0 Å². The van der Waals surface area contributed by atoms with Crippen molar-refractivity contribution < 1.29 is 19.1 Å². The normalized spacial score (nSPS) is 11.3. The van der Waals surface area contributed by atoms with Gasteiger partial charge in [-0.2, -0.15) is 0 Å². The molecule has 4 N–H and O–H groups in total. The zero-order valence-corrected chi connectivity index (χ0v) is 18.4. The summed E-state index contributed by atoms with van der Waals surface area (Å²) >= 11 is 1.33. The van der Waals surface area contributed by atoms with Crippen LogP contribution in [0.3, 0.4) is 0 Å².